The van der Waals surface area contributed by atoms with E-state index in [9.17, 15) is 13.2 Å². The predicted molar refractivity (Wildman–Crippen MR) is 68.3 cm³/mol. The summed E-state index contributed by atoms with van der Waals surface area (Å²) in [6.07, 6.45) is -4.40. The highest BCUT2D eigenvalue weighted by molar-refractivity contribution is 5.50. The molecule has 0 atom stereocenters. The lowest BCUT2D eigenvalue weighted by Gasteiger charge is -2.08. The van der Waals surface area contributed by atoms with Crippen molar-refractivity contribution < 1.29 is 13.2 Å². The molecule has 0 bridgehead atoms. The molecule has 2 rings (SSSR count). The number of alkyl halides is 3. The zero-order chi connectivity index (χ0) is 13.9. The van der Waals surface area contributed by atoms with Gasteiger partial charge in [0, 0.05) is 16.8 Å². The van der Waals surface area contributed by atoms with Crippen molar-refractivity contribution in [1.82, 2.24) is 0 Å². The van der Waals surface area contributed by atoms with Gasteiger partial charge < -0.3 is 5.73 Å². The lowest BCUT2D eigenvalue weighted by molar-refractivity contribution is -0.137. The van der Waals surface area contributed by atoms with Gasteiger partial charge in [0.15, 0.2) is 0 Å². The first-order chi connectivity index (χ1) is 8.97. The molecule has 0 saturated heterocycles. The van der Waals surface area contributed by atoms with Gasteiger partial charge in [-0.05, 0) is 36.4 Å². The molecular formula is C15H10F3N. The monoisotopic (exact) mass is 261 g/mol. The maximum atomic E-state index is 12.7. The quantitative estimate of drug-likeness (QED) is 0.568. The molecule has 2 aromatic carbocycles. The molecular weight excluding hydrogens is 251 g/mol. The van der Waals surface area contributed by atoms with Crippen LogP contribution in [0.4, 0.5) is 18.9 Å². The van der Waals surface area contributed by atoms with Crippen molar-refractivity contribution in [3.05, 3.63) is 65.2 Å². The molecule has 19 heavy (non-hydrogen) atoms. The number of halogens is 3. The zero-order valence-corrected chi connectivity index (χ0v) is 9.83. The van der Waals surface area contributed by atoms with Crippen LogP contribution in [-0.2, 0) is 6.18 Å². The second-order valence-corrected chi connectivity index (χ2v) is 3.92. The highest BCUT2D eigenvalue weighted by atomic mass is 19.4. The fourth-order valence-electron chi connectivity index (χ4n) is 1.55. The molecule has 0 unspecified atom stereocenters. The maximum Gasteiger partial charge on any atom is 0.417 e. The van der Waals surface area contributed by atoms with Crippen molar-refractivity contribution >= 4 is 5.69 Å². The van der Waals surface area contributed by atoms with Crippen LogP contribution in [0.5, 0.6) is 0 Å². The molecule has 0 amide bonds. The largest absolute Gasteiger partial charge is 0.417 e. The van der Waals surface area contributed by atoms with Crippen molar-refractivity contribution in [2.24, 2.45) is 0 Å². The third-order valence-electron chi connectivity index (χ3n) is 2.48. The van der Waals surface area contributed by atoms with Gasteiger partial charge in [-0.3, -0.25) is 0 Å². The molecule has 2 N–H and O–H groups in total. The van der Waals surface area contributed by atoms with E-state index >= 15 is 0 Å². The minimum absolute atomic E-state index is 0.0353. The molecule has 0 spiro atoms. The zero-order valence-electron chi connectivity index (χ0n) is 9.83. The number of benzene rings is 2. The van der Waals surface area contributed by atoms with Crippen LogP contribution in [0.15, 0.2) is 48.5 Å². The summed E-state index contributed by atoms with van der Waals surface area (Å²) in [5, 5.41) is 0. The molecule has 2 aromatic rings. The average molecular weight is 261 g/mol. The Bertz CT molecular complexity index is 631. The number of rotatable bonds is 0. The first-order valence-electron chi connectivity index (χ1n) is 5.50. The van der Waals surface area contributed by atoms with Gasteiger partial charge in [0.05, 0.1) is 5.56 Å². The lowest BCUT2D eigenvalue weighted by atomic mass is 10.1. The minimum atomic E-state index is -4.40. The summed E-state index contributed by atoms with van der Waals surface area (Å²) in [5.41, 5.74) is 5.96. The summed E-state index contributed by atoms with van der Waals surface area (Å²) in [7, 11) is 0. The van der Waals surface area contributed by atoms with Crippen molar-refractivity contribution in [2.75, 3.05) is 5.73 Å². The minimum Gasteiger partial charge on any atom is -0.399 e. The number of nitrogens with two attached hydrogens (primary N) is 1. The fourth-order valence-corrected chi connectivity index (χ4v) is 1.55. The van der Waals surface area contributed by atoms with Crippen LogP contribution in [0.2, 0.25) is 0 Å². The Morgan fingerprint density at radius 1 is 0.842 bits per heavy atom. The number of nitrogen functional groups attached to an aromatic ring is 1. The number of anilines is 1. The first-order valence-corrected chi connectivity index (χ1v) is 5.50. The summed E-state index contributed by atoms with van der Waals surface area (Å²) >= 11 is 0. The summed E-state index contributed by atoms with van der Waals surface area (Å²) < 4.78 is 38.2. The lowest BCUT2D eigenvalue weighted by Crippen LogP contribution is -2.07. The van der Waals surface area contributed by atoms with E-state index in [0.29, 0.717) is 11.3 Å². The van der Waals surface area contributed by atoms with Gasteiger partial charge in [0.2, 0.25) is 0 Å². The molecule has 0 aliphatic heterocycles. The molecule has 0 saturated carbocycles. The molecule has 0 aromatic heterocycles. The SMILES string of the molecule is Nc1ccc(C#Cc2ccccc2C(F)(F)F)cc1. The van der Waals surface area contributed by atoms with Gasteiger partial charge in [-0.2, -0.15) is 13.2 Å². The molecule has 0 aliphatic carbocycles. The van der Waals surface area contributed by atoms with E-state index < -0.39 is 11.7 Å². The summed E-state index contributed by atoms with van der Waals surface area (Å²) in [5.74, 6) is 5.24. The van der Waals surface area contributed by atoms with E-state index in [1.165, 1.54) is 18.2 Å². The Morgan fingerprint density at radius 2 is 1.47 bits per heavy atom. The summed E-state index contributed by atoms with van der Waals surface area (Å²) in [6.45, 7) is 0. The Balaban J connectivity index is 2.37. The fraction of sp³-hybridized carbons (Fsp3) is 0.0667. The predicted octanol–water partition coefficient (Wildman–Crippen LogP) is 3.69. The second kappa shape index (κ2) is 5.07. The van der Waals surface area contributed by atoms with Crippen molar-refractivity contribution in [3.63, 3.8) is 0 Å². The normalized spacial score (nSPS) is 10.7. The smallest absolute Gasteiger partial charge is 0.399 e. The molecule has 0 radical (unpaired) electrons. The van der Waals surface area contributed by atoms with Crippen LogP contribution in [0.25, 0.3) is 0 Å². The van der Waals surface area contributed by atoms with Crippen LogP contribution in [0, 0.1) is 11.8 Å². The van der Waals surface area contributed by atoms with Crippen LogP contribution < -0.4 is 5.73 Å². The van der Waals surface area contributed by atoms with Gasteiger partial charge in [-0.1, -0.05) is 24.0 Å². The van der Waals surface area contributed by atoms with Gasteiger partial charge in [-0.15, -0.1) is 0 Å². The van der Waals surface area contributed by atoms with E-state index in [4.69, 9.17) is 5.73 Å². The van der Waals surface area contributed by atoms with E-state index in [2.05, 4.69) is 11.8 Å². The van der Waals surface area contributed by atoms with Gasteiger partial charge in [-0.25, -0.2) is 0 Å². The molecule has 0 aliphatic rings. The second-order valence-electron chi connectivity index (χ2n) is 3.92. The van der Waals surface area contributed by atoms with Crippen molar-refractivity contribution in [2.45, 2.75) is 6.18 Å². The molecule has 0 fully saturated rings. The van der Waals surface area contributed by atoms with Crippen molar-refractivity contribution in [1.29, 1.82) is 0 Å². The Hall–Kier alpha value is -2.41. The van der Waals surface area contributed by atoms with Crippen LogP contribution in [0.3, 0.4) is 0 Å². The number of hydrogen-bond donors (Lipinski definition) is 1. The summed E-state index contributed by atoms with van der Waals surface area (Å²) in [4.78, 5) is 0. The Morgan fingerprint density at radius 3 is 2.11 bits per heavy atom. The highest BCUT2D eigenvalue weighted by Crippen LogP contribution is 2.31. The molecule has 1 nitrogen and oxygen atoms in total. The van der Waals surface area contributed by atoms with Crippen molar-refractivity contribution in [3.8, 4) is 11.8 Å². The summed E-state index contributed by atoms with van der Waals surface area (Å²) in [6, 6.07) is 11.9. The van der Waals surface area contributed by atoms with Crippen LogP contribution in [0.1, 0.15) is 16.7 Å². The van der Waals surface area contributed by atoms with E-state index in [1.807, 2.05) is 0 Å². The van der Waals surface area contributed by atoms with E-state index in [0.717, 1.165) is 6.07 Å². The third kappa shape index (κ3) is 3.29. The van der Waals surface area contributed by atoms with E-state index in [-0.39, 0.29) is 5.56 Å². The Labute approximate surface area is 108 Å². The van der Waals surface area contributed by atoms with Crippen LogP contribution in [-0.4, -0.2) is 0 Å². The molecule has 96 valence electrons. The van der Waals surface area contributed by atoms with Gasteiger partial charge in [0.1, 0.15) is 0 Å². The van der Waals surface area contributed by atoms with E-state index in [1.54, 1.807) is 24.3 Å². The molecule has 0 heterocycles. The van der Waals surface area contributed by atoms with Gasteiger partial charge in [0.25, 0.3) is 0 Å². The Kier molecular flexibility index (Phi) is 3.48. The number of hydrogen-bond acceptors (Lipinski definition) is 1. The average Bonchev–Trinajstić information content (AvgIpc) is 2.37. The topological polar surface area (TPSA) is 26.0 Å². The van der Waals surface area contributed by atoms with Gasteiger partial charge >= 0.3 is 6.18 Å². The standard InChI is InChI=1S/C15H10F3N/c16-15(17,18)14-4-2-1-3-12(14)8-5-11-6-9-13(19)10-7-11/h1-4,6-7,9-10H,19H2. The molecule has 4 heteroatoms. The maximum absolute atomic E-state index is 12.7. The highest BCUT2D eigenvalue weighted by Gasteiger charge is 2.32. The first kappa shape index (κ1) is 13.0. The van der Waals surface area contributed by atoms with Crippen LogP contribution >= 0.6 is 0 Å². The third-order valence-corrected chi connectivity index (χ3v) is 2.48.